The van der Waals surface area contributed by atoms with E-state index in [4.69, 9.17) is 4.74 Å². The van der Waals surface area contributed by atoms with Gasteiger partial charge in [0.05, 0.1) is 18.1 Å². The summed E-state index contributed by atoms with van der Waals surface area (Å²) in [4.78, 5) is 2.40. The molecule has 0 unspecified atom stereocenters. The van der Waals surface area contributed by atoms with E-state index < -0.39 is 0 Å². The van der Waals surface area contributed by atoms with Crippen LogP contribution in [0.25, 0.3) is 21.6 Å². The van der Waals surface area contributed by atoms with E-state index >= 15 is 0 Å². The Bertz CT molecular complexity index is 1010. The molecule has 5 heterocycles. The number of rotatable bonds is 1. The van der Waals surface area contributed by atoms with Crippen LogP contribution in [0.2, 0.25) is 0 Å². The predicted molar refractivity (Wildman–Crippen MR) is 82.0 cm³/mol. The predicted octanol–water partition coefficient (Wildman–Crippen LogP) is 2.08. The van der Waals surface area contributed by atoms with Crippen LogP contribution in [0.5, 0.6) is 0 Å². The number of hydrogen-bond donors (Lipinski definition) is 0. The van der Waals surface area contributed by atoms with Gasteiger partial charge in [0.2, 0.25) is 5.78 Å². The van der Waals surface area contributed by atoms with Gasteiger partial charge in [-0.05, 0) is 11.5 Å². The second-order valence-corrected chi connectivity index (χ2v) is 7.09. The second-order valence-electron chi connectivity index (χ2n) is 6.01. The van der Waals surface area contributed by atoms with Gasteiger partial charge in [-0.25, -0.2) is 4.40 Å². The molecular weight excluding hydrogens is 300 g/mol. The summed E-state index contributed by atoms with van der Waals surface area (Å²) in [6, 6.07) is 0. The van der Waals surface area contributed by atoms with Crippen LogP contribution in [0.3, 0.4) is 0 Å². The molecule has 1 aliphatic heterocycles. The van der Waals surface area contributed by atoms with Gasteiger partial charge in [-0.15, -0.1) is 31.7 Å². The maximum absolute atomic E-state index is 6.01. The fourth-order valence-corrected chi connectivity index (χ4v) is 4.40. The second kappa shape index (κ2) is 4.23. The number of aromatic nitrogens is 6. The highest BCUT2D eigenvalue weighted by molar-refractivity contribution is 7.19. The minimum absolute atomic E-state index is 0.255. The average Bonchev–Trinajstić information content (AvgIpc) is 3.22. The van der Waals surface area contributed by atoms with Crippen molar-refractivity contribution in [2.75, 3.05) is 0 Å². The van der Waals surface area contributed by atoms with Crippen molar-refractivity contribution in [3.8, 4) is 0 Å². The lowest BCUT2D eigenvalue weighted by molar-refractivity contribution is 0.00203. The smallest absolute Gasteiger partial charge is 0.243 e. The quantitative estimate of drug-likeness (QED) is 0.538. The molecule has 0 saturated heterocycles. The van der Waals surface area contributed by atoms with Gasteiger partial charge in [-0.3, -0.25) is 4.40 Å². The van der Waals surface area contributed by atoms with Crippen molar-refractivity contribution in [2.45, 2.75) is 33.0 Å². The fraction of sp³-hybridized carbons (Fsp3) is 0.429. The monoisotopic (exact) mass is 314 g/mol. The van der Waals surface area contributed by atoms with Gasteiger partial charge in [-0.1, -0.05) is 13.8 Å². The van der Waals surface area contributed by atoms with E-state index in [1.165, 1.54) is 15.8 Å². The minimum Gasteiger partial charge on any atom is -0.372 e. The van der Waals surface area contributed by atoms with Gasteiger partial charge in [0, 0.05) is 11.3 Å². The molecule has 5 rings (SSSR count). The molecule has 112 valence electrons. The molecule has 0 radical (unpaired) electrons. The van der Waals surface area contributed by atoms with Gasteiger partial charge in [0.25, 0.3) is 0 Å². The number of ether oxygens (including phenoxy) is 1. The lowest BCUT2D eigenvalue weighted by Gasteiger charge is -2.26. The lowest BCUT2D eigenvalue weighted by Crippen LogP contribution is -2.26. The first-order chi connectivity index (χ1) is 10.7. The van der Waals surface area contributed by atoms with E-state index in [1.807, 2.05) is 8.80 Å². The minimum atomic E-state index is 0.255. The Labute approximate surface area is 129 Å². The molecule has 8 heteroatoms. The molecule has 7 nitrogen and oxygen atoms in total. The first-order valence-electron chi connectivity index (χ1n) is 7.31. The Balaban J connectivity index is 1.91. The maximum atomic E-state index is 6.01. The molecule has 22 heavy (non-hydrogen) atoms. The Hall–Kier alpha value is -2.06. The van der Waals surface area contributed by atoms with E-state index in [1.54, 1.807) is 24.0 Å². The standard InChI is InChI=1S/C14H14N6OS/c1-7(2)9-3-8-10(4-21-9)22-13-11(8)12-17-15-5-19(12)14-18-16-6-20(13)14/h5-7,9H,3-4H2,1-2H3/t9-/m1/s1. The third-order valence-electron chi connectivity index (χ3n) is 4.38. The van der Waals surface area contributed by atoms with Crippen molar-refractivity contribution < 1.29 is 4.74 Å². The molecule has 0 spiro atoms. The van der Waals surface area contributed by atoms with Crippen LogP contribution >= 0.6 is 11.3 Å². The summed E-state index contributed by atoms with van der Waals surface area (Å²) >= 11 is 1.74. The SMILES string of the molecule is CC(C)[C@H]1Cc2c(sc3c2c2nncn2c2nncn32)CO1. The highest BCUT2D eigenvalue weighted by atomic mass is 32.1. The largest absolute Gasteiger partial charge is 0.372 e. The van der Waals surface area contributed by atoms with E-state index in [2.05, 4.69) is 34.2 Å². The summed E-state index contributed by atoms with van der Waals surface area (Å²) in [6.45, 7) is 5.07. The molecule has 0 saturated carbocycles. The van der Waals surface area contributed by atoms with Gasteiger partial charge in [-0.2, -0.15) is 0 Å². The number of thiophene rings is 1. The van der Waals surface area contributed by atoms with Crippen molar-refractivity contribution in [2.24, 2.45) is 5.92 Å². The van der Waals surface area contributed by atoms with E-state index in [9.17, 15) is 0 Å². The van der Waals surface area contributed by atoms with Crippen LogP contribution in [0.15, 0.2) is 12.7 Å². The highest BCUT2D eigenvalue weighted by Gasteiger charge is 2.28. The van der Waals surface area contributed by atoms with Crippen LogP contribution in [-0.2, 0) is 17.8 Å². The zero-order valence-corrected chi connectivity index (χ0v) is 13.0. The Morgan fingerprint density at radius 3 is 2.91 bits per heavy atom. The molecule has 1 atom stereocenters. The maximum Gasteiger partial charge on any atom is 0.243 e. The van der Waals surface area contributed by atoms with Crippen molar-refractivity contribution >= 4 is 33.0 Å². The third kappa shape index (κ3) is 1.48. The van der Waals surface area contributed by atoms with Gasteiger partial charge in [0.15, 0.2) is 5.65 Å². The van der Waals surface area contributed by atoms with E-state index in [-0.39, 0.29) is 6.10 Å². The molecule has 0 bridgehead atoms. The van der Waals surface area contributed by atoms with E-state index in [0.717, 1.165) is 22.7 Å². The Kier molecular flexibility index (Phi) is 2.40. The molecule has 1 aliphatic rings. The Morgan fingerprint density at radius 2 is 2.05 bits per heavy atom. The summed E-state index contributed by atoms with van der Waals surface area (Å²) in [5, 5.41) is 17.8. The summed E-state index contributed by atoms with van der Waals surface area (Å²) in [5.41, 5.74) is 2.20. The van der Waals surface area contributed by atoms with Crippen LogP contribution < -0.4 is 0 Å². The molecule has 0 aliphatic carbocycles. The molecule has 0 amide bonds. The topological polar surface area (TPSA) is 69.6 Å². The van der Waals surface area contributed by atoms with Crippen LogP contribution in [0, 0.1) is 5.92 Å². The molecular formula is C14H14N6OS. The summed E-state index contributed by atoms with van der Waals surface area (Å²) in [6.07, 6.45) is 4.62. The van der Waals surface area contributed by atoms with E-state index in [0.29, 0.717) is 12.5 Å². The number of nitrogens with zero attached hydrogens (tertiary/aromatic N) is 6. The van der Waals surface area contributed by atoms with Gasteiger partial charge >= 0.3 is 0 Å². The number of hydrogen-bond acceptors (Lipinski definition) is 6. The first-order valence-corrected chi connectivity index (χ1v) is 8.13. The Morgan fingerprint density at radius 1 is 1.23 bits per heavy atom. The average molecular weight is 314 g/mol. The van der Waals surface area contributed by atoms with Crippen LogP contribution in [-0.4, -0.2) is 35.3 Å². The highest BCUT2D eigenvalue weighted by Crippen LogP contribution is 2.39. The van der Waals surface area contributed by atoms with Crippen molar-refractivity contribution in [1.82, 2.24) is 29.2 Å². The van der Waals surface area contributed by atoms with Crippen LogP contribution in [0.1, 0.15) is 24.3 Å². The lowest BCUT2D eigenvalue weighted by atomic mass is 9.96. The fourth-order valence-electron chi connectivity index (χ4n) is 3.19. The summed E-state index contributed by atoms with van der Waals surface area (Å²) < 4.78 is 9.93. The third-order valence-corrected chi connectivity index (χ3v) is 5.59. The molecule has 0 aromatic carbocycles. The normalized spacial score (nSPS) is 18.8. The van der Waals surface area contributed by atoms with Crippen LogP contribution in [0.4, 0.5) is 0 Å². The molecule has 0 N–H and O–H groups in total. The summed E-state index contributed by atoms with van der Waals surface area (Å²) in [5.74, 6) is 1.24. The van der Waals surface area contributed by atoms with Gasteiger partial charge in [0.1, 0.15) is 17.5 Å². The molecule has 4 aromatic heterocycles. The summed E-state index contributed by atoms with van der Waals surface area (Å²) in [7, 11) is 0. The van der Waals surface area contributed by atoms with Crippen molar-refractivity contribution in [3.63, 3.8) is 0 Å². The van der Waals surface area contributed by atoms with Crippen molar-refractivity contribution in [3.05, 3.63) is 23.1 Å². The van der Waals surface area contributed by atoms with Gasteiger partial charge < -0.3 is 4.74 Å². The molecule has 4 aromatic rings. The molecule has 0 fully saturated rings. The zero-order valence-electron chi connectivity index (χ0n) is 12.2. The van der Waals surface area contributed by atoms with Crippen molar-refractivity contribution in [1.29, 1.82) is 0 Å². The first kappa shape index (κ1) is 12.5. The number of fused-ring (bicyclic) bond motifs is 8. The zero-order chi connectivity index (χ0) is 14.8.